The molecule has 1 fully saturated rings. The molecule has 0 bridgehead atoms. The number of anilines is 1. The van der Waals surface area contributed by atoms with Gasteiger partial charge in [0.15, 0.2) is 0 Å². The monoisotopic (exact) mass is 353 g/mol. The van der Waals surface area contributed by atoms with Crippen molar-refractivity contribution in [3.63, 3.8) is 0 Å². The number of halogens is 1. The van der Waals surface area contributed by atoms with E-state index in [1.807, 2.05) is 6.07 Å². The smallest absolute Gasteiger partial charge is 0.425 e. The zero-order valence-corrected chi connectivity index (χ0v) is 13.3. The van der Waals surface area contributed by atoms with Gasteiger partial charge in [-0.05, 0) is 29.8 Å². The van der Waals surface area contributed by atoms with E-state index in [2.05, 4.69) is 14.4 Å². The molecule has 2 aromatic rings. The van der Waals surface area contributed by atoms with Crippen molar-refractivity contribution in [1.29, 1.82) is 0 Å². The molecule has 9 heteroatoms. The number of rotatable bonds is 4. The fourth-order valence-corrected chi connectivity index (χ4v) is 3.30. The van der Waals surface area contributed by atoms with Crippen molar-refractivity contribution in [1.82, 2.24) is 9.29 Å². The molecule has 1 amide bonds. The summed E-state index contributed by atoms with van der Waals surface area (Å²) in [6, 6.07) is 10.2. The second-order valence-corrected chi connectivity index (χ2v) is 6.72. The number of benzene rings is 1. The van der Waals surface area contributed by atoms with Gasteiger partial charge in [0.05, 0.1) is 12.2 Å². The molecule has 1 aliphatic heterocycles. The van der Waals surface area contributed by atoms with Crippen LogP contribution in [0.15, 0.2) is 42.6 Å². The fourth-order valence-electron chi connectivity index (χ4n) is 2.08. The minimum absolute atomic E-state index is 0.00267. The molecule has 120 valence electrons. The van der Waals surface area contributed by atoms with E-state index in [0.717, 1.165) is 11.1 Å². The largest absolute Gasteiger partial charge is 0.447 e. The van der Waals surface area contributed by atoms with Gasteiger partial charge in [0.2, 0.25) is 0 Å². The van der Waals surface area contributed by atoms with Crippen LogP contribution in [0, 0.1) is 0 Å². The third kappa shape index (κ3) is 3.38. The molecular weight excluding hydrogens is 342 g/mol. The Labute approximate surface area is 138 Å². The highest BCUT2D eigenvalue weighted by atomic mass is 35.5. The van der Waals surface area contributed by atoms with E-state index < -0.39 is 16.3 Å². The first kappa shape index (κ1) is 15.6. The lowest BCUT2D eigenvalue weighted by Crippen LogP contribution is -2.36. The summed E-state index contributed by atoms with van der Waals surface area (Å²) in [5.74, 6) is 0. The highest BCUT2D eigenvalue weighted by molar-refractivity contribution is 7.90. The Morgan fingerprint density at radius 2 is 1.83 bits per heavy atom. The average Bonchev–Trinajstić information content (AvgIpc) is 2.96. The molecule has 2 heterocycles. The molecule has 0 saturated carbocycles. The van der Waals surface area contributed by atoms with Crippen molar-refractivity contribution in [3.05, 3.63) is 47.7 Å². The van der Waals surface area contributed by atoms with E-state index in [0.29, 0.717) is 15.1 Å². The van der Waals surface area contributed by atoms with Gasteiger partial charge in [-0.2, -0.15) is 12.7 Å². The predicted molar refractivity (Wildman–Crippen MR) is 85.3 cm³/mol. The first-order valence-electron chi connectivity index (χ1n) is 6.65. The van der Waals surface area contributed by atoms with E-state index in [9.17, 15) is 13.2 Å². The lowest BCUT2D eigenvalue weighted by atomic mass is 10.1. The minimum atomic E-state index is -3.97. The van der Waals surface area contributed by atoms with Crippen LogP contribution in [0.1, 0.15) is 0 Å². The van der Waals surface area contributed by atoms with Crippen LogP contribution >= 0.6 is 11.6 Å². The minimum Gasteiger partial charge on any atom is -0.447 e. The lowest BCUT2D eigenvalue weighted by molar-refractivity contribution is 0.170. The Morgan fingerprint density at radius 3 is 2.39 bits per heavy atom. The molecule has 0 spiro atoms. The molecular formula is C14H12ClN3O4S. The Hall–Kier alpha value is -2.32. The van der Waals surface area contributed by atoms with Crippen LogP contribution in [-0.4, -0.2) is 37.0 Å². The van der Waals surface area contributed by atoms with E-state index in [4.69, 9.17) is 11.6 Å². The van der Waals surface area contributed by atoms with Crippen LogP contribution < -0.4 is 4.72 Å². The van der Waals surface area contributed by atoms with Gasteiger partial charge in [0.25, 0.3) is 0 Å². The fraction of sp³-hybridized carbons (Fsp3) is 0.143. The molecule has 1 aliphatic rings. The maximum Gasteiger partial charge on any atom is 0.425 e. The summed E-state index contributed by atoms with van der Waals surface area (Å²) in [6.45, 7) is 0.0605. The SMILES string of the molecule is O=C1OCCN1S(=O)(=O)Nc1ccc(-c2ccc(Cl)nc2)cc1. The van der Waals surface area contributed by atoms with Crippen LogP contribution in [0.2, 0.25) is 5.15 Å². The van der Waals surface area contributed by atoms with Gasteiger partial charge >= 0.3 is 16.3 Å². The summed E-state index contributed by atoms with van der Waals surface area (Å²) in [7, 11) is -3.97. The Balaban J connectivity index is 1.77. The molecule has 1 saturated heterocycles. The highest BCUT2D eigenvalue weighted by Crippen LogP contribution is 2.23. The number of nitrogens with one attached hydrogen (secondary N) is 1. The molecule has 0 aliphatic carbocycles. The standard InChI is InChI=1S/C14H12ClN3O4S/c15-13-6-3-11(9-16-13)10-1-4-12(5-2-10)17-23(20,21)18-7-8-22-14(18)19/h1-6,9,17H,7-8H2. The van der Waals surface area contributed by atoms with E-state index in [1.54, 1.807) is 36.5 Å². The van der Waals surface area contributed by atoms with Crippen molar-refractivity contribution in [2.45, 2.75) is 0 Å². The number of ether oxygens (including phenoxy) is 1. The number of hydrogen-bond acceptors (Lipinski definition) is 5. The number of nitrogens with zero attached hydrogens (tertiary/aromatic N) is 2. The van der Waals surface area contributed by atoms with Crippen molar-refractivity contribution < 1.29 is 17.9 Å². The summed E-state index contributed by atoms with van der Waals surface area (Å²) in [5, 5.41) is 0.399. The quantitative estimate of drug-likeness (QED) is 0.853. The molecule has 0 radical (unpaired) electrons. The van der Waals surface area contributed by atoms with Gasteiger partial charge in [-0.15, -0.1) is 0 Å². The lowest BCUT2D eigenvalue weighted by Gasteiger charge is -2.15. The summed E-state index contributed by atoms with van der Waals surface area (Å²) in [6.07, 6.45) is 0.753. The average molecular weight is 354 g/mol. The highest BCUT2D eigenvalue weighted by Gasteiger charge is 2.33. The summed E-state index contributed by atoms with van der Waals surface area (Å²) < 4.78 is 31.8. The van der Waals surface area contributed by atoms with E-state index in [1.165, 1.54) is 0 Å². The van der Waals surface area contributed by atoms with Crippen LogP contribution in [0.3, 0.4) is 0 Å². The van der Waals surface area contributed by atoms with Crippen molar-refractivity contribution in [2.75, 3.05) is 17.9 Å². The zero-order valence-electron chi connectivity index (χ0n) is 11.8. The third-order valence-corrected chi connectivity index (χ3v) is 4.84. The number of aromatic nitrogens is 1. The normalized spacial score (nSPS) is 14.7. The molecule has 0 unspecified atom stereocenters. The molecule has 0 atom stereocenters. The van der Waals surface area contributed by atoms with Crippen molar-refractivity contribution >= 4 is 33.6 Å². The van der Waals surface area contributed by atoms with Gasteiger partial charge in [0, 0.05) is 11.8 Å². The van der Waals surface area contributed by atoms with Crippen molar-refractivity contribution in [2.24, 2.45) is 0 Å². The molecule has 7 nitrogen and oxygen atoms in total. The number of hydrogen-bond donors (Lipinski definition) is 1. The maximum atomic E-state index is 12.1. The first-order valence-corrected chi connectivity index (χ1v) is 8.47. The third-order valence-electron chi connectivity index (χ3n) is 3.21. The molecule has 1 N–H and O–H groups in total. The first-order chi connectivity index (χ1) is 11.0. The Morgan fingerprint density at radius 1 is 1.13 bits per heavy atom. The number of carbonyl (C=O) groups is 1. The Bertz CT molecular complexity index is 822. The van der Waals surface area contributed by atoms with E-state index >= 15 is 0 Å². The number of amides is 1. The number of cyclic esters (lactones) is 1. The summed E-state index contributed by atoms with van der Waals surface area (Å²) in [5.41, 5.74) is 2.06. The molecule has 1 aromatic carbocycles. The van der Waals surface area contributed by atoms with Crippen molar-refractivity contribution in [3.8, 4) is 11.1 Å². The summed E-state index contributed by atoms with van der Waals surface area (Å²) >= 11 is 5.74. The van der Waals surface area contributed by atoms with Crippen LogP contribution in [0.25, 0.3) is 11.1 Å². The number of pyridine rings is 1. The number of carbonyl (C=O) groups excluding carboxylic acids is 1. The van der Waals surface area contributed by atoms with Gasteiger partial charge in [0.1, 0.15) is 11.8 Å². The molecule has 1 aromatic heterocycles. The summed E-state index contributed by atoms with van der Waals surface area (Å²) in [4.78, 5) is 15.3. The van der Waals surface area contributed by atoms with Gasteiger partial charge in [-0.25, -0.2) is 9.78 Å². The van der Waals surface area contributed by atoms with E-state index in [-0.39, 0.29) is 13.2 Å². The van der Waals surface area contributed by atoms with Gasteiger partial charge in [-0.1, -0.05) is 23.7 Å². The van der Waals surface area contributed by atoms with Gasteiger partial charge in [-0.3, -0.25) is 4.72 Å². The second-order valence-electron chi connectivity index (χ2n) is 4.74. The van der Waals surface area contributed by atoms with Crippen LogP contribution in [0.4, 0.5) is 10.5 Å². The van der Waals surface area contributed by atoms with Crippen LogP contribution in [-0.2, 0) is 14.9 Å². The second kappa shape index (κ2) is 6.05. The molecule has 3 rings (SSSR count). The van der Waals surface area contributed by atoms with Crippen LogP contribution in [0.5, 0.6) is 0 Å². The maximum absolute atomic E-state index is 12.1. The predicted octanol–water partition coefficient (Wildman–Crippen LogP) is 2.51. The van der Waals surface area contributed by atoms with Gasteiger partial charge < -0.3 is 4.74 Å². The topological polar surface area (TPSA) is 88.6 Å². The molecule has 23 heavy (non-hydrogen) atoms. The Kier molecular flexibility index (Phi) is 4.10. The zero-order chi connectivity index (χ0) is 16.4.